The van der Waals surface area contributed by atoms with Crippen molar-refractivity contribution in [1.82, 2.24) is 9.97 Å². The zero-order valence-electron chi connectivity index (χ0n) is 11.2. The lowest BCUT2D eigenvalue weighted by Gasteiger charge is -2.14. The predicted octanol–water partition coefficient (Wildman–Crippen LogP) is 4.49. The van der Waals surface area contributed by atoms with E-state index in [9.17, 15) is 5.11 Å². The lowest BCUT2D eigenvalue weighted by atomic mass is 10.0. The second-order valence-electron chi connectivity index (χ2n) is 5.25. The molecule has 0 bridgehead atoms. The third-order valence-corrected chi connectivity index (χ3v) is 5.61. The van der Waals surface area contributed by atoms with Crippen LogP contribution in [0.1, 0.15) is 29.5 Å². The van der Waals surface area contributed by atoms with Gasteiger partial charge < -0.3 is 5.11 Å². The molecule has 5 heteroatoms. The van der Waals surface area contributed by atoms with Crippen LogP contribution in [0, 0.1) is 0 Å². The van der Waals surface area contributed by atoms with E-state index < -0.39 is 0 Å². The molecule has 0 spiro atoms. The second kappa shape index (κ2) is 5.16. The van der Waals surface area contributed by atoms with E-state index in [1.54, 1.807) is 11.3 Å². The first-order valence-corrected chi connectivity index (χ1v) is 8.56. The minimum atomic E-state index is -0.362. The highest BCUT2D eigenvalue weighted by atomic mass is 79.9. The number of para-hydroxylation sites is 1. The molecule has 0 radical (unpaired) electrons. The van der Waals surface area contributed by atoms with Gasteiger partial charge in [-0.15, -0.1) is 11.3 Å². The van der Waals surface area contributed by atoms with Crippen molar-refractivity contribution in [1.29, 1.82) is 0 Å². The molecule has 4 rings (SSSR count). The van der Waals surface area contributed by atoms with Gasteiger partial charge in [-0.3, -0.25) is 0 Å². The van der Waals surface area contributed by atoms with Crippen molar-refractivity contribution in [2.75, 3.05) is 0 Å². The third kappa shape index (κ3) is 2.29. The van der Waals surface area contributed by atoms with Gasteiger partial charge in [-0.2, -0.15) is 0 Å². The average Bonchev–Trinajstić information content (AvgIpc) is 2.92. The van der Waals surface area contributed by atoms with Crippen molar-refractivity contribution in [2.45, 2.75) is 25.4 Å². The first-order chi connectivity index (χ1) is 10.2. The summed E-state index contributed by atoms with van der Waals surface area (Å²) in [6, 6.07) is 10.1. The number of fused-ring (bicyclic) bond motifs is 2. The molecular formula is C16H13BrN2OS. The molecule has 0 saturated carbocycles. The van der Waals surface area contributed by atoms with Crippen LogP contribution in [-0.4, -0.2) is 15.1 Å². The lowest BCUT2D eigenvalue weighted by Crippen LogP contribution is -2.06. The number of aryl methyl sites for hydroxylation is 1. The van der Waals surface area contributed by atoms with Crippen LogP contribution < -0.4 is 0 Å². The summed E-state index contributed by atoms with van der Waals surface area (Å²) in [5.41, 5.74) is 2.86. The molecule has 1 aliphatic rings. The number of aliphatic hydroxyl groups excluding tert-OH is 1. The largest absolute Gasteiger partial charge is 0.388 e. The molecule has 3 aromatic rings. The van der Waals surface area contributed by atoms with Gasteiger partial charge in [0.05, 0.1) is 22.2 Å². The van der Waals surface area contributed by atoms with E-state index >= 15 is 0 Å². The van der Waals surface area contributed by atoms with Gasteiger partial charge in [-0.05, 0) is 47.3 Å². The monoisotopic (exact) mass is 360 g/mol. The van der Waals surface area contributed by atoms with Crippen LogP contribution >= 0.6 is 27.3 Å². The van der Waals surface area contributed by atoms with Gasteiger partial charge >= 0.3 is 0 Å². The number of rotatable bonds is 1. The highest BCUT2D eigenvalue weighted by molar-refractivity contribution is 9.10. The maximum Gasteiger partial charge on any atom is 0.143 e. The first-order valence-electron chi connectivity index (χ1n) is 6.96. The average molecular weight is 361 g/mol. The molecule has 2 heterocycles. The van der Waals surface area contributed by atoms with Crippen LogP contribution in [0.5, 0.6) is 0 Å². The number of aliphatic hydroxyl groups is 1. The number of hydrogen-bond acceptors (Lipinski definition) is 4. The van der Waals surface area contributed by atoms with E-state index in [0.717, 1.165) is 55.9 Å². The van der Waals surface area contributed by atoms with Crippen molar-refractivity contribution in [2.24, 2.45) is 0 Å². The second-order valence-corrected chi connectivity index (χ2v) is 7.13. The molecule has 0 saturated heterocycles. The molecule has 1 aromatic carbocycles. The van der Waals surface area contributed by atoms with Crippen LogP contribution in [0.15, 0.2) is 34.8 Å². The minimum Gasteiger partial charge on any atom is -0.388 e. The van der Waals surface area contributed by atoms with Gasteiger partial charge in [0.15, 0.2) is 0 Å². The van der Waals surface area contributed by atoms with E-state index in [1.165, 1.54) is 0 Å². The van der Waals surface area contributed by atoms with E-state index in [-0.39, 0.29) is 6.10 Å². The number of aromatic nitrogens is 2. The van der Waals surface area contributed by atoms with E-state index in [1.807, 2.05) is 24.3 Å². The number of pyridine rings is 1. The fourth-order valence-electron chi connectivity index (χ4n) is 2.74. The summed E-state index contributed by atoms with van der Waals surface area (Å²) in [5.74, 6) is 0. The quantitative estimate of drug-likeness (QED) is 0.695. The summed E-state index contributed by atoms with van der Waals surface area (Å²) >= 11 is 5.17. The lowest BCUT2D eigenvalue weighted by molar-refractivity contribution is 0.160. The molecular weight excluding hydrogens is 348 g/mol. The Morgan fingerprint density at radius 1 is 1.24 bits per heavy atom. The number of nitrogens with zero attached hydrogens (tertiary/aromatic N) is 2. The summed E-state index contributed by atoms with van der Waals surface area (Å²) in [6.45, 7) is 0. The van der Waals surface area contributed by atoms with Gasteiger partial charge in [-0.25, -0.2) is 9.97 Å². The van der Waals surface area contributed by atoms with Crippen molar-refractivity contribution in [3.05, 3.63) is 45.4 Å². The first kappa shape index (κ1) is 13.4. The predicted molar refractivity (Wildman–Crippen MR) is 88.4 cm³/mol. The van der Waals surface area contributed by atoms with Gasteiger partial charge in [0.2, 0.25) is 0 Å². The Labute approximate surface area is 134 Å². The fourth-order valence-corrected chi connectivity index (χ4v) is 4.53. The Morgan fingerprint density at radius 2 is 2.10 bits per heavy atom. The Kier molecular flexibility index (Phi) is 3.28. The van der Waals surface area contributed by atoms with Gasteiger partial charge in [0, 0.05) is 9.86 Å². The Balaban J connectivity index is 1.88. The van der Waals surface area contributed by atoms with Crippen LogP contribution in [0.3, 0.4) is 0 Å². The summed E-state index contributed by atoms with van der Waals surface area (Å²) in [4.78, 5) is 10.5. The van der Waals surface area contributed by atoms with E-state index in [0.29, 0.717) is 0 Å². The summed E-state index contributed by atoms with van der Waals surface area (Å²) in [5, 5.41) is 12.1. The summed E-state index contributed by atoms with van der Waals surface area (Å²) < 4.78 is 0.946. The van der Waals surface area contributed by atoms with Crippen molar-refractivity contribution in [3.8, 4) is 10.7 Å². The Bertz CT molecular complexity index is 830. The molecule has 0 amide bonds. The highest BCUT2D eigenvalue weighted by Gasteiger charge is 2.24. The molecule has 1 N–H and O–H groups in total. The van der Waals surface area contributed by atoms with Gasteiger partial charge in [0.1, 0.15) is 10.7 Å². The van der Waals surface area contributed by atoms with Gasteiger partial charge in [0.25, 0.3) is 0 Å². The molecule has 21 heavy (non-hydrogen) atoms. The third-order valence-electron chi connectivity index (χ3n) is 3.80. The molecule has 0 fully saturated rings. The number of halogens is 1. The zero-order valence-corrected chi connectivity index (χ0v) is 13.6. The Hall–Kier alpha value is -1.30. The Morgan fingerprint density at radius 3 is 2.95 bits per heavy atom. The van der Waals surface area contributed by atoms with Crippen molar-refractivity contribution < 1.29 is 5.11 Å². The number of hydrogen-bond donors (Lipinski definition) is 1. The molecule has 2 aromatic heterocycles. The maximum atomic E-state index is 10.1. The molecule has 3 nitrogen and oxygen atoms in total. The fraction of sp³-hybridized carbons (Fsp3) is 0.250. The van der Waals surface area contributed by atoms with E-state index in [4.69, 9.17) is 9.97 Å². The maximum absolute atomic E-state index is 10.1. The molecule has 1 unspecified atom stereocenters. The number of thiazole rings is 1. The van der Waals surface area contributed by atoms with Crippen molar-refractivity contribution >= 4 is 38.2 Å². The minimum absolute atomic E-state index is 0.362. The van der Waals surface area contributed by atoms with E-state index in [2.05, 4.69) is 22.0 Å². The molecule has 1 aliphatic carbocycles. The smallest absolute Gasteiger partial charge is 0.143 e. The molecule has 0 aliphatic heterocycles. The normalized spacial score (nSPS) is 17.9. The molecule has 1 atom stereocenters. The topological polar surface area (TPSA) is 46.0 Å². The SMILES string of the molecule is OC1CCCc2nc(-c3nc4ccccc4cc3Br)sc21. The van der Waals surface area contributed by atoms with Crippen molar-refractivity contribution in [3.63, 3.8) is 0 Å². The molecule has 106 valence electrons. The zero-order chi connectivity index (χ0) is 14.4. The van der Waals surface area contributed by atoms with Crippen LogP contribution in [-0.2, 0) is 6.42 Å². The summed E-state index contributed by atoms with van der Waals surface area (Å²) in [6.07, 6.45) is 2.43. The van der Waals surface area contributed by atoms with Gasteiger partial charge in [-0.1, -0.05) is 18.2 Å². The van der Waals surface area contributed by atoms with Crippen LogP contribution in [0.2, 0.25) is 0 Å². The summed E-state index contributed by atoms with van der Waals surface area (Å²) in [7, 11) is 0. The standard InChI is InChI=1S/C16H13BrN2OS/c17-10-8-9-4-1-2-5-11(9)18-14(10)16-19-12-6-3-7-13(20)15(12)21-16/h1-2,4-5,8,13,20H,3,6-7H2. The highest BCUT2D eigenvalue weighted by Crippen LogP contribution is 2.39. The van der Waals surface area contributed by atoms with Crippen LogP contribution in [0.25, 0.3) is 21.6 Å². The van der Waals surface area contributed by atoms with Crippen LogP contribution in [0.4, 0.5) is 0 Å². The number of benzene rings is 1.